The van der Waals surface area contributed by atoms with E-state index in [0.717, 1.165) is 0 Å². The zero-order chi connectivity index (χ0) is 17.0. The summed E-state index contributed by atoms with van der Waals surface area (Å²) in [7, 11) is 0. The highest BCUT2D eigenvalue weighted by atomic mass is 19.1. The molecule has 6 nitrogen and oxygen atoms in total. The molecule has 0 radical (unpaired) electrons. The second kappa shape index (κ2) is 7.04. The van der Waals surface area contributed by atoms with Crippen LogP contribution in [0.15, 0.2) is 34.9 Å². The van der Waals surface area contributed by atoms with Gasteiger partial charge in [-0.05, 0) is 30.2 Å². The summed E-state index contributed by atoms with van der Waals surface area (Å²) >= 11 is 0. The zero-order valence-electron chi connectivity index (χ0n) is 12.7. The second-order valence-electron chi connectivity index (χ2n) is 5.46. The molecule has 2 aromatic rings. The maximum atomic E-state index is 12.9. The minimum atomic E-state index is -1.08. The van der Waals surface area contributed by atoms with Gasteiger partial charge in [-0.1, -0.05) is 13.8 Å². The Morgan fingerprint density at radius 2 is 1.96 bits per heavy atom. The van der Waals surface area contributed by atoms with E-state index < -0.39 is 17.9 Å². The van der Waals surface area contributed by atoms with Crippen molar-refractivity contribution in [2.24, 2.45) is 5.92 Å². The van der Waals surface area contributed by atoms with Crippen molar-refractivity contribution < 1.29 is 23.5 Å². The summed E-state index contributed by atoms with van der Waals surface area (Å²) < 4.78 is 18.1. The van der Waals surface area contributed by atoms with Crippen LogP contribution in [0.4, 0.5) is 4.39 Å². The molecule has 1 amide bonds. The van der Waals surface area contributed by atoms with Crippen LogP contribution in [0, 0.1) is 11.7 Å². The molecule has 0 aliphatic carbocycles. The Kier molecular flexibility index (Phi) is 5.10. The van der Waals surface area contributed by atoms with Gasteiger partial charge in [-0.2, -0.15) is 0 Å². The topological polar surface area (TPSA) is 92.4 Å². The number of nitrogens with zero attached hydrogens (tertiary/aromatic N) is 1. The lowest BCUT2D eigenvalue weighted by atomic mass is 10.0. The maximum absolute atomic E-state index is 12.9. The largest absolute Gasteiger partial charge is 0.480 e. The monoisotopic (exact) mass is 320 g/mol. The number of oxazole rings is 1. The molecule has 0 bridgehead atoms. The summed E-state index contributed by atoms with van der Waals surface area (Å²) in [6.07, 6.45) is 1.23. The van der Waals surface area contributed by atoms with E-state index in [9.17, 15) is 14.0 Å². The summed E-state index contributed by atoms with van der Waals surface area (Å²) in [5.74, 6) is -1.87. The van der Waals surface area contributed by atoms with E-state index in [0.29, 0.717) is 11.3 Å². The third kappa shape index (κ3) is 4.38. The lowest BCUT2D eigenvalue weighted by Gasteiger charge is -2.17. The standard InChI is InChI=1S/C16H17FN2O4/c1-9(2)14(16(21)22)19-13(20)7-12-8-23-15(18-12)10-3-5-11(17)6-4-10/h3-6,8-9,14H,7H2,1-2H3,(H,19,20)(H,21,22)/t14-/m1/s1. The van der Waals surface area contributed by atoms with Gasteiger partial charge in [-0.15, -0.1) is 0 Å². The summed E-state index contributed by atoms with van der Waals surface area (Å²) in [5, 5.41) is 11.5. The van der Waals surface area contributed by atoms with Crippen LogP contribution >= 0.6 is 0 Å². The molecule has 0 aliphatic heterocycles. The Labute approximate surface area is 132 Å². The van der Waals surface area contributed by atoms with Gasteiger partial charge in [0.25, 0.3) is 0 Å². The third-order valence-electron chi connectivity index (χ3n) is 3.23. The number of carbonyl (C=O) groups is 2. The van der Waals surface area contributed by atoms with Crippen LogP contribution in [0.1, 0.15) is 19.5 Å². The van der Waals surface area contributed by atoms with Crippen molar-refractivity contribution in [3.8, 4) is 11.5 Å². The van der Waals surface area contributed by atoms with Crippen molar-refractivity contribution in [1.82, 2.24) is 10.3 Å². The number of aliphatic carboxylic acids is 1. The molecule has 0 spiro atoms. The Morgan fingerprint density at radius 3 is 2.52 bits per heavy atom. The molecule has 1 atom stereocenters. The molecule has 1 aromatic carbocycles. The quantitative estimate of drug-likeness (QED) is 0.851. The first kappa shape index (κ1) is 16.7. The van der Waals surface area contributed by atoms with E-state index in [1.165, 1.54) is 30.5 Å². The van der Waals surface area contributed by atoms with Crippen molar-refractivity contribution in [3.05, 3.63) is 42.0 Å². The molecule has 1 heterocycles. The molecule has 2 rings (SSSR count). The number of carbonyl (C=O) groups excluding carboxylic acids is 1. The first-order valence-electron chi connectivity index (χ1n) is 7.09. The van der Waals surface area contributed by atoms with Crippen molar-refractivity contribution >= 4 is 11.9 Å². The van der Waals surface area contributed by atoms with Crippen molar-refractivity contribution in [1.29, 1.82) is 0 Å². The average molecular weight is 320 g/mol. The number of aromatic nitrogens is 1. The van der Waals surface area contributed by atoms with Crippen LogP contribution in [0.3, 0.4) is 0 Å². The second-order valence-corrected chi connectivity index (χ2v) is 5.46. The summed E-state index contributed by atoms with van der Waals surface area (Å²) in [5.41, 5.74) is 0.957. The zero-order valence-corrected chi connectivity index (χ0v) is 12.7. The Morgan fingerprint density at radius 1 is 1.30 bits per heavy atom. The normalized spacial score (nSPS) is 12.2. The summed E-state index contributed by atoms with van der Waals surface area (Å²) in [6.45, 7) is 3.42. The van der Waals surface area contributed by atoms with Gasteiger partial charge >= 0.3 is 5.97 Å². The van der Waals surface area contributed by atoms with E-state index in [4.69, 9.17) is 9.52 Å². The van der Waals surface area contributed by atoms with Crippen LogP contribution in [0.25, 0.3) is 11.5 Å². The number of halogens is 1. The first-order chi connectivity index (χ1) is 10.9. The fourth-order valence-electron chi connectivity index (χ4n) is 2.02. The molecule has 122 valence electrons. The number of carboxylic acid groups (broad SMARTS) is 1. The minimum Gasteiger partial charge on any atom is -0.480 e. The smallest absolute Gasteiger partial charge is 0.326 e. The van der Waals surface area contributed by atoms with Crippen molar-refractivity contribution in [3.63, 3.8) is 0 Å². The van der Waals surface area contributed by atoms with E-state index >= 15 is 0 Å². The van der Waals surface area contributed by atoms with Crippen LogP contribution in [-0.4, -0.2) is 28.0 Å². The van der Waals surface area contributed by atoms with Gasteiger partial charge in [0.15, 0.2) is 0 Å². The minimum absolute atomic E-state index is 0.0960. The van der Waals surface area contributed by atoms with Gasteiger partial charge in [0, 0.05) is 5.56 Å². The molecule has 0 saturated carbocycles. The number of benzene rings is 1. The predicted molar refractivity (Wildman–Crippen MR) is 80.0 cm³/mol. The Hall–Kier alpha value is -2.70. The highest BCUT2D eigenvalue weighted by Gasteiger charge is 2.23. The van der Waals surface area contributed by atoms with E-state index in [-0.39, 0.29) is 24.0 Å². The SMILES string of the molecule is CC(C)[C@@H](NC(=O)Cc1coc(-c2ccc(F)cc2)n1)C(=O)O. The predicted octanol–water partition coefficient (Wildman–Crippen LogP) is 2.25. The number of hydrogen-bond donors (Lipinski definition) is 2. The number of hydrogen-bond acceptors (Lipinski definition) is 4. The van der Waals surface area contributed by atoms with Crippen LogP contribution in [0.5, 0.6) is 0 Å². The summed E-state index contributed by atoms with van der Waals surface area (Å²) in [4.78, 5) is 27.1. The molecular formula is C16H17FN2O4. The highest BCUT2D eigenvalue weighted by Crippen LogP contribution is 2.19. The number of amides is 1. The molecule has 0 fully saturated rings. The van der Waals surface area contributed by atoms with E-state index in [2.05, 4.69) is 10.3 Å². The fraction of sp³-hybridized carbons (Fsp3) is 0.312. The number of nitrogens with one attached hydrogen (secondary N) is 1. The van der Waals surface area contributed by atoms with E-state index in [1.54, 1.807) is 13.8 Å². The average Bonchev–Trinajstić information content (AvgIpc) is 2.93. The van der Waals surface area contributed by atoms with Crippen LogP contribution in [-0.2, 0) is 16.0 Å². The highest BCUT2D eigenvalue weighted by molar-refractivity contribution is 5.84. The number of carboxylic acids is 1. The van der Waals surface area contributed by atoms with Gasteiger partial charge in [0.1, 0.15) is 18.1 Å². The summed E-state index contributed by atoms with van der Waals surface area (Å²) in [6, 6.07) is 4.65. The Balaban J connectivity index is 2.02. The van der Waals surface area contributed by atoms with Gasteiger partial charge in [0.05, 0.1) is 12.1 Å². The van der Waals surface area contributed by atoms with Crippen LogP contribution in [0.2, 0.25) is 0 Å². The lowest BCUT2D eigenvalue weighted by Crippen LogP contribution is -2.44. The molecule has 0 unspecified atom stereocenters. The molecule has 0 saturated heterocycles. The van der Waals surface area contributed by atoms with E-state index in [1.807, 2.05) is 0 Å². The third-order valence-corrected chi connectivity index (χ3v) is 3.23. The van der Waals surface area contributed by atoms with Gasteiger partial charge in [-0.25, -0.2) is 14.2 Å². The molecule has 23 heavy (non-hydrogen) atoms. The Bertz CT molecular complexity index is 694. The molecule has 7 heteroatoms. The molecule has 1 aromatic heterocycles. The van der Waals surface area contributed by atoms with Gasteiger partial charge < -0.3 is 14.8 Å². The lowest BCUT2D eigenvalue weighted by molar-refractivity contribution is -0.143. The molecule has 0 aliphatic rings. The number of rotatable bonds is 6. The fourth-order valence-corrected chi connectivity index (χ4v) is 2.02. The van der Waals surface area contributed by atoms with Gasteiger partial charge in [-0.3, -0.25) is 4.79 Å². The molecule has 2 N–H and O–H groups in total. The van der Waals surface area contributed by atoms with Crippen molar-refractivity contribution in [2.75, 3.05) is 0 Å². The van der Waals surface area contributed by atoms with Crippen LogP contribution < -0.4 is 5.32 Å². The maximum Gasteiger partial charge on any atom is 0.326 e. The van der Waals surface area contributed by atoms with Gasteiger partial charge in [0.2, 0.25) is 11.8 Å². The molecular weight excluding hydrogens is 303 g/mol. The van der Waals surface area contributed by atoms with Crippen molar-refractivity contribution in [2.45, 2.75) is 26.3 Å². The first-order valence-corrected chi connectivity index (χ1v) is 7.09.